The van der Waals surface area contributed by atoms with Crippen molar-refractivity contribution in [1.82, 2.24) is 0 Å². The highest BCUT2D eigenvalue weighted by Gasteiger charge is 2.32. The van der Waals surface area contributed by atoms with Gasteiger partial charge >= 0.3 is 5.97 Å². The summed E-state index contributed by atoms with van der Waals surface area (Å²) >= 11 is 0. The second-order valence-electron chi connectivity index (χ2n) is 4.29. The lowest BCUT2D eigenvalue weighted by molar-refractivity contribution is -0.117. The monoisotopic (exact) mass is 267 g/mol. The van der Waals surface area contributed by atoms with E-state index in [1.807, 2.05) is 0 Å². The summed E-state index contributed by atoms with van der Waals surface area (Å²) in [7, 11) is 0. The number of hydrogen-bond acceptors (Lipinski definition) is 2. The minimum Gasteiger partial charge on any atom is -0.478 e. The zero-order valence-electron chi connectivity index (χ0n) is 9.90. The van der Waals surface area contributed by atoms with Crippen LogP contribution in [0.4, 0.5) is 14.5 Å². The first-order valence-corrected chi connectivity index (χ1v) is 5.59. The molecule has 4 nitrogen and oxygen atoms in total. The molecule has 0 aliphatic carbocycles. The van der Waals surface area contributed by atoms with Crippen LogP contribution in [0.5, 0.6) is 0 Å². The lowest BCUT2D eigenvalue weighted by Crippen LogP contribution is -2.26. The summed E-state index contributed by atoms with van der Waals surface area (Å²) < 4.78 is 26.3. The van der Waals surface area contributed by atoms with Crippen molar-refractivity contribution < 1.29 is 23.5 Å². The third-order valence-electron chi connectivity index (χ3n) is 3.05. The molecule has 1 aliphatic rings. The highest BCUT2D eigenvalue weighted by atomic mass is 19.2. The molecule has 100 valence electrons. The highest BCUT2D eigenvalue weighted by Crippen LogP contribution is 2.30. The number of aromatic carboxylic acids is 1. The van der Waals surface area contributed by atoms with Gasteiger partial charge < -0.3 is 10.0 Å². The Kier molecular flexibility index (Phi) is 3.33. The molecule has 0 spiro atoms. The minimum atomic E-state index is -1.41. The van der Waals surface area contributed by atoms with Gasteiger partial charge in [-0.15, -0.1) is 6.58 Å². The fourth-order valence-corrected chi connectivity index (χ4v) is 2.06. The van der Waals surface area contributed by atoms with Crippen LogP contribution in [0.2, 0.25) is 0 Å². The Labute approximate surface area is 107 Å². The van der Waals surface area contributed by atoms with Crippen molar-refractivity contribution in [2.24, 2.45) is 5.92 Å². The summed E-state index contributed by atoms with van der Waals surface area (Å²) in [6.45, 7) is 3.78. The maximum absolute atomic E-state index is 13.3. The molecule has 2 rings (SSSR count). The number of hydrogen-bond donors (Lipinski definition) is 1. The fraction of sp³-hybridized carbons (Fsp3) is 0.231. The Bertz CT molecular complexity index is 571. The number of amides is 1. The molecule has 1 aliphatic heterocycles. The largest absolute Gasteiger partial charge is 0.478 e. The van der Waals surface area contributed by atoms with Crippen LogP contribution < -0.4 is 4.90 Å². The number of carbonyl (C=O) groups is 2. The maximum Gasteiger partial charge on any atom is 0.337 e. The van der Waals surface area contributed by atoms with E-state index in [-0.39, 0.29) is 30.5 Å². The standard InChI is InChI=1S/C13H11F2NO3/c1-2-7-3-12(17)16(6-7)11-5-10(15)9(14)4-8(11)13(18)19/h2,4-5,7H,1,3,6H2,(H,18,19). The number of carbonyl (C=O) groups excluding carboxylic acids is 1. The van der Waals surface area contributed by atoms with Crippen molar-refractivity contribution in [3.05, 3.63) is 42.0 Å². The van der Waals surface area contributed by atoms with Crippen LogP contribution in [0.15, 0.2) is 24.8 Å². The molecule has 1 N–H and O–H groups in total. The number of rotatable bonds is 3. The van der Waals surface area contributed by atoms with Crippen LogP contribution >= 0.6 is 0 Å². The summed E-state index contributed by atoms with van der Waals surface area (Å²) in [5.74, 6) is -4.31. The molecule has 1 amide bonds. The Balaban J connectivity index is 2.50. The number of carboxylic acid groups (broad SMARTS) is 1. The van der Waals surface area contributed by atoms with Gasteiger partial charge in [-0.1, -0.05) is 6.08 Å². The first-order valence-electron chi connectivity index (χ1n) is 5.59. The van der Waals surface area contributed by atoms with Crippen molar-refractivity contribution in [3.8, 4) is 0 Å². The Morgan fingerprint density at radius 3 is 2.58 bits per heavy atom. The SMILES string of the molecule is C=CC1CC(=O)N(c2cc(F)c(F)cc2C(=O)O)C1. The number of benzene rings is 1. The summed E-state index contributed by atoms with van der Waals surface area (Å²) in [6, 6.07) is 1.32. The van der Waals surface area contributed by atoms with Crippen molar-refractivity contribution in [1.29, 1.82) is 0 Å². The molecular weight excluding hydrogens is 256 g/mol. The minimum absolute atomic E-state index is 0.123. The highest BCUT2D eigenvalue weighted by molar-refractivity contribution is 6.03. The van der Waals surface area contributed by atoms with Crippen molar-refractivity contribution in [2.75, 3.05) is 11.4 Å². The van der Waals surface area contributed by atoms with Crippen LogP contribution in [-0.4, -0.2) is 23.5 Å². The zero-order chi connectivity index (χ0) is 14.2. The second-order valence-corrected chi connectivity index (χ2v) is 4.29. The lowest BCUT2D eigenvalue weighted by Gasteiger charge is -2.18. The van der Waals surface area contributed by atoms with E-state index in [1.54, 1.807) is 6.08 Å². The van der Waals surface area contributed by atoms with Gasteiger partial charge in [-0.3, -0.25) is 4.79 Å². The molecule has 0 radical (unpaired) electrons. The van der Waals surface area contributed by atoms with Gasteiger partial charge in [-0.25, -0.2) is 13.6 Å². The van der Waals surface area contributed by atoms with E-state index in [0.29, 0.717) is 6.07 Å². The normalized spacial score (nSPS) is 18.7. The van der Waals surface area contributed by atoms with Gasteiger partial charge in [0, 0.05) is 24.9 Å². The van der Waals surface area contributed by atoms with Crippen LogP contribution in [-0.2, 0) is 4.79 Å². The summed E-state index contributed by atoms with van der Waals surface area (Å²) in [5.41, 5.74) is -0.558. The van der Waals surface area contributed by atoms with Crippen molar-refractivity contribution in [3.63, 3.8) is 0 Å². The molecule has 1 aromatic rings. The Morgan fingerprint density at radius 1 is 1.42 bits per heavy atom. The molecule has 19 heavy (non-hydrogen) atoms. The zero-order valence-corrected chi connectivity index (χ0v) is 9.90. The second kappa shape index (κ2) is 4.79. The summed E-state index contributed by atoms with van der Waals surface area (Å²) in [5, 5.41) is 9.00. The molecule has 1 fully saturated rings. The van der Waals surface area contributed by atoms with Gasteiger partial charge in [0.1, 0.15) is 0 Å². The Hall–Kier alpha value is -2.24. The van der Waals surface area contributed by atoms with Crippen molar-refractivity contribution >= 4 is 17.6 Å². The molecule has 1 aromatic carbocycles. The summed E-state index contributed by atoms with van der Waals surface area (Å²) in [6.07, 6.45) is 1.76. The quantitative estimate of drug-likeness (QED) is 0.854. The van der Waals surface area contributed by atoms with E-state index in [4.69, 9.17) is 5.11 Å². The van der Waals surface area contributed by atoms with E-state index in [1.165, 1.54) is 0 Å². The van der Waals surface area contributed by atoms with E-state index in [9.17, 15) is 18.4 Å². The lowest BCUT2D eigenvalue weighted by atomic mass is 10.1. The average Bonchev–Trinajstić information content (AvgIpc) is 2.73. The van der Waals surface area contributed by atoms with Gasteiger partial charge in [0.05, 0.1) is 11.3 Å². The van der Waals surface area contributed by atoms with Gasteiger partial charge in [0.25, 0.3) is 0 Å². The Morgan fingerprint density at radius 2 is 2.05 bits per heavy atom. The maximum atomic E-state index is 13.3. The molecule has 0 saturated carbocycles. The first kappa shape index (κ1) is 13.2. The molecule has 1 atom stereocenters. The van der Waals surface area contributed by atoms with Crippen LogP contribution in [0, 0.1) is 17.6 Å². The van der Waals surface area contributed by atoms with Gasteiger partial charge in [-0.2, -0.15) is 0 Å². The number of anilines is 1. The topological polar surface area (TPSA) is 57.6 Å². The molecule has 1 heterocycles. The summed E-state index contributed by atoms with van der Waals surface area (Å²) in [4.78, 5) is 24.0. The third kappa shape index (κ3) is 2.33. The van der Waals surface area contributed by atoms with Crippen molar-refractivity contribution in [2.45, 2.75) is 6.42 Å². The van der Waals surface area contributed by atoms with Crippen LogP contribution in [0.1, 0.15) is 16.8 Å². The van der Waals surface area contributed by atoms with E-state index in [0.717, 1.165) is 11.0 Å². The van der Waals surface area contributed by atoms with Crippen LogP contribution in [0.3, 0.4) is 0 Å². The molecular formula is C13H11F2NO3. The number of nitrogens with zero attached hydrogens (tertiary/aromatic N) is 1. The predicted molar refractivity (Wildman–Crippen MR) is 64.0 cm³/mol. The van der Waals surface area contributed by atoms with Gasteiger partial charge in [-0.05, 0) is 6.07 Å². The van der Waals surface area contributed by atoms with Gasteiger partial charge in [0.2, 0.25) is 5.91 Å². The molecule has 1 unspecified atom stereocenters. The average molecular weight is 267 g/mol. The number of carboxylic acids is 1. The third-order valence-corrected chi connectivity index (χ3v) is 3.05. The molecule has 6 heteroatoms. The van der Waals surface area contributed by atoms with Crippen LogP contribution in [0.25, 0.3) is 0 Å². The molecule has 0 aromatic heterocycles. The fourth-order valence-electron chi connectivity index (χ4n) is 2.06. The van der Waals surface area contributed by atoms with E-state index < -0.39 is 23.2 Å². The van der Waals surface area contributed by atoms with E-state index >= 15 is 0 Å². The first-order chi connectivity index (χ1) is 8.93. The van der Waals surface area contributed by atoms with Gasteiger partial charge in [0.15, 0.2) is 11.6 Å². The van der Waals surface area contributed by atoms with E-state index in [2.05, 4.69) is 6.58 Å². The molecule has 0 bridgehead atoms. The molecule has 1 saturated heterocycles. The number of halogens is 2. The predicted octanol–water partition coefficient (Wildman–Crippen LogP) is 2.20. The smallest absolute Gasteiger partial charge is 0.337 e.